The SMILES string of the molecule is CC=C(C)C(=O)OOC(=O)NC. The highest BCUT2D eigenvalue weighted by Crippen LogP contribution is 1.95. The number of rotatable bonds is 1. The number of hydrogen-bond donors (Lipinski definition) is 1. The second-order valence-electron chi connectivity index (χ2n) is 1.96. The van der Waals surface area contributed by atoms with Crippen molar-refractivity contribution < 1.29 is 19.4 Å². The molecule has 0 aromatic carbocycles. The summed E-state index contributed by atoms with van der Waals surface area (Å²) in [5.41, 5.74) is 0.374. The molecule has 0 saturated carbocycles. The Balaban J connectivity index is 3.80. The predicted octanol–water partition coefficient (Wildman–Crippen LogP) is 0.767. The van der Waals surface area contributed by atoms with Gasteiger partial charge in [-0.2, -0.15) is 0 Å². The molecule has 0 bridgehead atoms. The molecule has 0 aliphatic heterocycles. The first-order valence-corrected chi connectivity index (χ1v) is 3.35. The van der Waals surface area contributed by atoms with Crippen LogP contribution in [0.4, 0.5) is 4.79 Å². The molecule has 0 saturated heterocycles. The lowest BCUT2D eigenvalue weighted by atomic mass is 10.3. The van der Waals surface area contributed by atoms with Crippen LogP contribution in [-0.4, -0.2) is 19.1 Å². The molecule has 1 amide bonds. The summed E-state index contributed by atoms with van der Waals surface area (Å²) in [7, 11) is 1.36. The second kappa shape index (κ2) is 5.17. The third-order valence-corrected chi connectivity index (χ3v) is 1.15. The van der Waals surface area contributed by atoms with Gasteiger partial charge in [-0.15, -0.1) is 0 Å². The minimum atomic E-state index is -0.813. The standard InChI is InChI=1S/C7H11NO4/c1-4-5(2)6(9)11-12-7(10)8-3/h4H,1-3H3,(H,8,10). The maximum absolute atomic E-state index is 10.8. The van der Waals surface area contributed by atoms with E-state index in [0.29, 0.717) is 5.57 Å². The average molecular weight is 173 g/mol. The monoisotopic (exact) mass is 173 g/mol. The molecular weight excluding hydrogens is 162 g/mol. The van der Waals surface area contributed by atoms with Crippen LogP contribution < -0.4 is 5.32 Å². The lowest BCUT2D eigenvalue weighted by Gasteiger charge is -2.00. The Morgan fingerprint density at radius 1 is 1.33 bits per heavy atom. The molecule has 0 atom stereocenters. The number of hydrogen-bond acceptors (Lipinski definition) is 4. The number of carbonyl (C=O) groups is 2. The highest BCUT2D eigenvalue weighted by molar-refractivity contribution is 5.87. The normalized spacial score (nSPS) is 10.4. The maximum atomic E-state index is 10.8. The third-order valence-electron chi connectivity index (χ3n) is 1.15. The van der Waals surface area contributed by atoms with Crippen LogP contribution in [0.25, 0.3) is 0 Å². The van der Waals surface area contributed by atoms with Crippen molar-refractivity contribution >= 4 is 12.1 Å². The number of carbonyl (C=O) groups excluding carboxylic acids is 2. The third kappa shape index (κ3) is 3.60. The topological polar surface area (TPSA) is 64.6 Å². The van der Waals surface area contributed by atoms with Crippen molar-refractivity contribution in [2.75, 3.05) is 7.05 Å². The Labute approximate surface area is 70.3 Å². The van der Waals surface area contributed by atoms with Crippen molar-refractivity contribution in [2.45, 2.75) is 13.8 Å². The molecule has 0 unspecified atom stereocenters. The van der Waals surface area contributed by atoms with E-state index in [-0.39, 0.29) is 0 Å². The summed E-state index contributed by atoms with van der Waals surface area (Å²) in [6.07, 6.45) is 0.738. The Bertz CT molecular complexity index is 209. The lowest BCUT2D eigenvalue weighted by molar-refractivity contribution is -0.227. The average Bonchev–Trinajstić information content (AvgIpc) is 2.11. The zero-order valence-electron chi connectivity index (χ0n) is 7.21. The van der Waals surface area contributed by atoms with Crippen LogP contribution >= 0.6 is 0 Å². The minimum absolute atomic E-state index is 0.374. The van der Waals surface area contributed by atoms with Gasteiger partial charge in [0.25, 0.3) is 0 Å². The summed E-state index contributed by atoms with van der Waals surface area (Å²) >= 11 is 0. The molecule has 0 radical (unpaired) electrons. The summed E-state index contributed by atoms with van der Waals surface area (Å²) in [6, 6.07) is 0. The van der Waals surface area contributed by atoms with Gasteiger partial charge in [-0.05, 0) is 13.8 Å². The highest BCUT2D eigenvalue weighted by Gasteiger charge is 2.08. The van der Waals surface area contributed by atoms with Gasteiger partial charge in [0, 0.05) is 12.6 Å². The van der Waals surface area contributed by atoms with Crippen LogP contribution in [0, 0.1) is 0 Å². The van der Waals surface area contributed by atoms with Crippen molar-refractivity contribution in [1.29, 1.82) is 0 Å². The van der Waals surface area contributed by atoms with Gasteiger partial charge in [-0.1, -0.05) is 6.08 Å². The first-order chi connectivity index (χ1) is 5.61. The van der Waals surface area contributed by atoms with E-state index in [1.165, 1.54) is 7.05 Å². The molecule has 5 nitrogen and oxygen atoms in total. The molecule has 1 N–H and O–H groups in total. The molecule has 0 aromatic rings. The fourth-order valence-corrected chi connectivity index (χ4v) is 0.301. The molecule has 0 aliphatic carbocycles. The fraction of sp³-hybridized carbons (Fsp3) is 0.429. The summed E-state index contributed by atoms with van der Waals surface area (Å²) in [5, 5.41) is 2.12. The van der Waals surface area contributed by atoms with E-state index < -0.39 is 12.1 Å². The summed E-state index contributed by atoms with van der Waals surface area (Å²) in [4.78, 5) is 29.4. The van der Waals surface area contributed by atoms with Crippen molar-refractivity contribution in [1.82, 2.24) is 5.32 Å². The first-order valence-electron chi connectivity index (χ1n) is 3.35. The van der Waals surface area contributed by atoms with Crippen LogP contribution in [0.2, 0.25) is 0 Å². The van der Waals surface area contributed by atoms with Crippen molar-refractivity contribution in [2.24, 2.45) is 0 Å². The largest absolute Gasteiger partial charge is 0.450 e. The van der Waals surface area contributed by atoms with Gasteiger partial charge in [-0.25, -0.2) is 19.4 Å². The molecule has 5 heteroatoms. The van der Waals surface area contributed by atoms with Gasteiger partial charge in [0.1, 0.15) is 0 Å². The summed E-state index contributed by atoms with van der Waals surface area (Å²) < 4.78 is 0. The quantitative estimate of drug-likeness (QED) is 0.361. The predicted molar refractivity (Wildman–Crippen MR) is 41.1 cm³/mol. The van der Waals surface area contributed by atoms with Gasteiger partial charge in [0.05, 0.1) is 0 Å². The Morgan fingerprint density at radius 2 is 1.92 bits per heavy atom. The van der Waals surface area contributed by atoms with Gasteiger partial charge >= 0.3 is 12.1 Å². The van der Waals surface area contributed by atoms with Crippen LogP contribution in [0.5, 0.6) is 0 Å². The fourth-order valence-electron chi connectivity index (χ4n) is 0.301. The lowest BCUT2D eigenvalue weighted by Crippen LogP contribution is -2.21. The number of nitrogens with one attached hydrogen (secondary N) is 1. The van der Waals surface area contributed by atoms with Crippen LogP contribution in [-0.2, 0) is 14.6 Å². The zero-order chi connectivity index (χ0) is 9.56. The van der Waals surface area contributed by atoms with Gasteiger partial charge in [-0.3, -0.25) is 0 Å². The number of amides is 1. The molecular formula is C7H11NO4. The van der Waals surface area contributed by atoms with Gasteiger partial charge in [0.2, 0.25) is 0 Å². The van der Waals surface area contributed by atoms with Gasteiger partial charge in [0.15, 0.2) is 0 Å². The molecule has 12 heavy (non-hydrogen) atoms. The van der Waals surface area contributed by atoms with E-state index in [1.54, 1.807) is 19.9 Å². The maximum Gasteiger partial charge on any atom is 0.450 e. The summed E-state index contributed by atoms with van der Waals surface area (Å²) in [6.45, 7) is 3.23. The zero-order valence-corrected chi connectivity index (χ0v) is 7.21. The van der Waals surface area contributed by atoms with Crippen molar-refractivity contribution in [3.05, 3.63) is 11.6 Å². The Kier molecular flexibility index (Phi) is 4.52. The molecule has 68 valence electrons. The molecule has 0 aromatic heterocycles. The van der Waals surface area contributed by atoms with Crippen LogP contribution in [0.1, 0.15) is 13.8 Å². The van der Waals surface area contributed by atoms with E-state index in [0.717, 1.165) is 0 Å². The number of allylic oxidation sites excluding steroid dienone is 1. The van der Waals surface area contributed by atoms with Gasteiger partial charge < -0.3 is 5.32 Å². The van der Waals surface area contributed by atoms with E-state index in [1.807, 2.05) is 0 Å². The highest BCUT2D eigenvalue weighted by atomic mass is 17.2. The summed E-state index contributed by atoms with van der Waals surface area (Å²) in [5.74, 6) is -0.680. The van der Waals surface area contributed by atoms with Crippen LogP contribution in [0.3, 0.4) is 0 Å². The minimum Gasteiger partial charge on any atom is -0.321 e. The van der Waals surface area contributed by atoms with Crippen molar-refractivity contribution in [3.8, 4) is 0 Å². The first kappa shape index (κ1) is 10.5. The molecule has 0 spiro atoms. The van der Waals surface area contributed by atoms with E-state index in [2.05, 4.69) is 15.1 Å². The molecule has 0 heterocycles. The smallest absolute Gasteiger partial charge is 0.321 e. The second-order valence-corrected chi connectivity index (χ2v) is 1.96. The molecule has 0 rings (SSSR count). The van der Waals surface area contributed by atoms with E-state index >= 15 is 0 Å². The Morgan fingerprint density at radius 3 is 2.33 bits per heavy atom. The Hall–Kier alpha value is -1.52. The van der Waals surface area contributed by atoms with E-state index in [4.69, 9.17) is 0 Å². The molecule has 0 aliphatic rings. The van der Waals surface area contributed by atoms with E-state index in [9.17, 15) is 9.59 Å². The molecule has 0 fully saturated rings. The van der Waals surface area contributed by atoms with Crippen LogP contribution in [0.15, 0.2) is 11.6 Å². The van der Waals surface area contributed by atoms with Crippen molar-refractivity contribution in [3.63, 3.8) is 0 Å².